The van der Waals surface area contributed by atoms with Crippen molar-refractivity contribution < 1.29 is 23.7 Å². The molecular formula is C23H21N5O6. The fourth-order valence-electron chi connectivity index (χ4n) is 3.98. The second kappa shape index (κ2) is 8.10. The Balaban J connectivity index is 1.84. The number of imidazole rings is 1. The van der Waals surface area contributed by atoms with Gasteiger partial charge in [-0.3, -0.25) is 9.36 Å². The van der Waals surface area contributed by atoms with E-state index >= 15 is 0 Å². The number of nitrogens with two attached hydrogens (primary N) is 1. The Hall–Kier alpha value is -4.54. The summed E-state index contributed by atoms with van der Waals surface area (Å²) in [4.78, 5) is 35.0. The Morgan fingerprint density at radius 3 is 2.59 bits per heavy atom. The Labute approximate surface area is 193 Å². The lowest BCUT2D eigenvalue weighted by molar-refractivity contribution is 0.0997. The first-order valence-corrected chi connectivity index (χ1v) is 10.4. The van der Waals surface area contributed by atoms with Gasteiger partial charge in [0.15, 0.2) is 28.7 Å². The second-order valence-corrected chi connectivity index (χ2v) is 7.40. The van der Waals surface area contributed by atoms with Gasteiger partial charge in [-0.1, -0.05) is 0 Å². The van der Waals surface area contributed by atoms with Gasteiger partial charge in [-0.05, 0) is 31.2 Å². The molecule has 2 N–H and O–H groups in total. The van der Waals surface area contributed by atoms with Crippen LogP contribution in [0.15, 0.2) is 41.2 Å². The SMILES string of the molecule is CCn1c(=O)n(-c2ccc3c(c2)OCO3)c2nc(-c3ccc(OC)cc3OC)nc(C(N)=O)c21. The van der Waals surface area contributed by atoms with Gasteiger partial charge in [-0.25, -0.2) is 19.3 Å². The zero-order chi connectivity index (χ0) is 24.0. The fourth-order valence-corrected chi connectivity index (χ4v) is 3.98. The van der Waals surface area contributed by atoms with Gasteiger partial charge in [0.1, 0.15) is 17.0 Å². The summed E-state index contributed by atoms with van der Waals surface area (Å²) in [6.07, 6.45) is 0. The number of methoxy groups -OCH3 is 2. The van der Waals surface area contributed by atoms with Crippen molar-refractivity contribution in [2.75, 3.05) is 21.0 Å². The number of carbonyl (C=O) groups excluding carboxylic acids is 1. The zero-order valence-electron chi connectivity index (χ0n) is 18.7. The highest BCUT2D eigenvalue weighted by molar-refractivity contribution is 6.02. The van der Waals surface area contributed by atoms with Gasteiger partial charge in [0.05, 0.1) is 25.5 Å². The summed E-state index contributed by atoms with van der Waals surface area (Å²) in [5, 5.41) is 0. The van der Waals surface area contributed by atoms with Crippen molar-refractivity contribution in [3.8, 4) is 40.1 Å². The minimum Gasteiger partial charge on any atom is -0.497 e. The molecule has 4 aromatic rings. The third kappa shape index (κ3) is 3.20. The van der Waals surface area contributed by atoms with E-state index in [0.29, 0.717) is 34.2 Å². The largest absolute Gasteiger partial charge is 0.497 e. The molecule has 3 heterocycles. The topological polar surface area (TPSA) is 133 Å². The predicted molar refractivity (Wildman–Crippen MR) is 122 cm³/mol. The molecule has 5 rings (SSSR count). The summed E-state index contributed by atoms with van der Waals surface area (Å²) in [6.45, 7) is 2.16. The molecule has 2 aromatic heterocycles. The third-order valence-electron chi connectivity index (χ3n) is 5.58. The standard InChI is InChI=1S/C23H21N5O6/c1-4-27-19-18(20(24)29)25-21(14-7-6-13(31-2)10-16(14)32-3)26-22(19)28(23(27)30)12-5-8-15-17(9-12)34-11-33-15/h5-10H,4,11H2,1-3H3,(H2,24,29). The van der Waals surface area contributed by atoms with E-state index in [1.54, 1.807) is 50.4 Å². The molecule has 34 heavy (non-hydrogen) atoms. The molecule has 0 spiro atoms. The Morgan fingerprint density at radius 2 is 1.88 bits per heavy atom. The first-order chi connectivity index (χ1) is 16.5. The van der Waals surface area contributed by atoms with Gasteiger partial charge in [0, 0.05) is 18.7 Å². The number of benzene rings is 2. The van der Waals surface area contributed by atoms with Gasteiger partial charge in [0.25, 0.3) is 5.91 Å². The van der Waals surface area contributed by atoms with Gasteiger partial charge in [-0.2, -0.15) is 0 Å². The molecule has 1 amide bonds. The molecule has 0 saturated heterocycles. The molecule has 1 aliphatic heterocycles. The van der Waals surface area contributed by atoms with E-state index in [9.17, 15) is 9.59 Å². The van der Waals surface area contributed by atoms with E-state index in [2.05, 4.69) is 9.97 Å². The van der Waals surface area contributed by atoms with Crippen LogP contribution in [-0.2, 0) is 6.54 Å². The first kappa shape index (κ1) is 21.3. The van der Waals surface area contributed by atoms with Crippen molar-refractivity contribution >= 4 is 17.1 Å². The van der Waals surface area contributed by atoms with Crippen molar-refractivity contribution in [2.45, 2.75) is 13.5 Å². The Kier molecular flexibility index (Phi) is 5.08. The number of aryl methyl sites for hydroxylation is 1. The van der Waals surface area contributed by atoms with E-state index < -0.39 is 11.6 Å². The minimum atomic E-state index is -0.786. The van der Waals surface area contributed by atoms with Crippen molar-refractivity contribution in [3.63, 3.8) is 0 Å². The van der Waals surface area contributed by atoms with Crippen LogP contribution in [0.25, 0.3) is 28.2 Å². The molecule has 0 radical (unpaired) electrons. The van der Waals surface area contributed by atoms with E-state index in [-0.39, 0.29) is 36.0 Å². The van der Waals surface area contributed by atoms with Gasteiger partial charge < -0.3 is 24.7 Å². The predicted octanol–water partition coefficient (Wildman–Crippen LogP) is 2.11. The van der Waals surface area contributed by atoms with Crippen molar-refractivity contribution in [3.05, 3.63) is 52.6 Å². The number of hydrogen-bond donors (Lipinski definition) is 1. The molecule has 2 aromatic carbocycles. The summed E-state index contributed by atoms with van der Waals surface area (Å²) >= 11 is 0. The molecule has 174 valence electrons. The third-order valence-corrected chi connectivity index (χ3v) is 5.58. The maximum absolute atomic E-state index is 13.4. The fraction of sp³-hybridized carbons (Fsp3) is 0.217. The quantitative estimate of drug-likeness (QED) is 0.460. The number of rotatable bonds is 6. The maximum Gasteiger partial charge on any atom is 0.335 e. The minimum absolute atomic E-state index is 0.0729. The number of fused-ring (bicyclic) bond motifs is 2. The molecule has 0 fully saturated rings. The zero-order valence-corrected chi connectivity index (χ0v) is 18.7. The van der Waals surface area contributed by atoms with E-state index in [0.717, 1.165) is 0 Å². The van der Waals surface area contributed by atoms with Crippen LogP contribution in [0.5, 0.6) is 23.0 Å². The Morgan fingerprint density at radius 1 is 1.09 bits per heavy atom. The van der Waals surface area contributed by atoms with E-state index in [1.165, 1.54) is 16.2 Å². The lowest BCUT2D eigenvalue weighted by Crippen LogP contribution is -2.23. The number of primary amides is 1. The smallest absolute Gasteiger partial charge is 0.335 e. The molecule has 0 aliphatic carbocycles. The maximum atomic E-state index is 13.4. The van der Waals surface area contributed by atoms with Crippen molar-refractivity contribution in [2.24, 2.45) is 5.73 Å². The molecule has 11 nitrogen and oxygen atoms in total. The van der Waals surface area contributed by atoms with Crippen LogP contribution in [0.3, 0.4) is 0 Å². The molecule has 0 saturated carbocycles. The van der Waals surface area contributed by atoms with Crippen LogP contribution in [0.2, 0.25) is 0 Å². The number of hydrogen-bond acceptors (Lipinski definition) is 8. The lowest BCUT2D eigenvalue weighted by Gasteiger charge is -2.11. The monoisotopic (exact) mass is 463 g/mol. The summed E-state index contributed by atoms with van der Waals surface area (Å²) in [5.41, 5.74) is 6.69. The number of amides is 1. The second-order valence-electron chi connectivity index (χ2n) is 7.40. The summed E-state index contributed by atoms with van der Waals surface area (Å²) < 4.78 is 24.4. The molecular weight excluding hydrogens is 442 g/mol. The van der Waals surface area contributed by atoms with Crippen molar-refractivity contribution in [1.82, 2.24) is 19.1 Å². The van der Waals surface area contributed by atoms with Crippen molar-refractivity contribution in [1.29, 1.82) is 0 Å². The highest BCUT2D eigenvalue weighted by Crippen LogP contribution is 2.35. The number of nitrogens with zero attached hydrogens (tertiary/aromatic N) is 4. The molecule has 0 atom stereocenters. The number of aromatic nitrogens is 4. The number of ether oxygens (including phenoxy) is 4. The van der Waals surface area contributed by atoms with Gasteiger partial charge in [-0.15, -0.1) is 0 Å². The van der Waals surface area contributed by atoms with E-state index in [4.69, 9.17) is 24.7 Å². The highest BCUT2D eigenvalue weighted by Gasteiger charge is 2.25. The van der Waals surface area contributed by atoms with Crippen LogP contribution in [0.4, 0.5) is 0 Å². The molecule has 1 aliphatic rings. The number of carbonyl (C=O) groups is 1. The molecule has 0 unspecified atom stereocenters. The van der Waals surface area contributed by atoms with Crippen LogP contribution in [-0.4, -0.2) is 46.0 Å². The first-order valence-electron chi connectivity index (χ1n) is 10.4. The molecule has 11 heteroatoms. The summed E-state index contributed by atoms with van der Waals surface area (Å²) in [7, 11) is 3.04. The molecule has 0 bridgehead atoms. The normalized spacial score (nSPS) is 12.2. The average molecular weight is 463 g/mol. The average Bonchev–Trinajstić information content (AvgIpc) is 3.43. The van der Waals surface area contributed by atoms with Crippen LogP contribution < -0.4 is 30.4 Å². The lowest BCUT2D eigenvalue weighted by atomic mass is 10.1. The Bertz CT molecular complexity index is 1510. The summed E-state index contributed by atoms with van der Waals surface area (Å²) in [5.74, 6) is 1.47. The van der Waals surface area contributed by atoms with Gasteiger partial charge in [0.2, 0.25) is 6.79 Å². The highest BCUT2D eigenvalue weighted by atomic mass is 16.7. The van der Waals surface area contributed by atoms with E-state index in [1.807, 2.05) is 0 Å². The van der Waals surface area contributed by atoms with Crippen LogP contribution in [0, 0.1) is 0 Å². The van der Waals surface area contributed by atoms with Gasteiger partial charge >= 0.3 is 5.69 Å². The summed E-state index contributed by atoms with van der Waals surface area (Å²) in [6, 6.07) is 10.2. The van der Waals surface area contributed by atoms with Crippen LogP contribution in [0.1, 0.15) is 17.4 Å². The van der Waals surface area contributed by atoms with Crippen LogP contribution >= 0.6 is 0 Å².